The van der Waals surface area contributed by atoms with Gasteiger partial charge in [0.25, 0.3) is 0 Å². The van der Waals surface area contributed by atoms with Gasteiger partial charge in [-0.05, 0) is 13.8 Å². The zero-order valence-corrected chi connectivity index (χ0v) is 10.4. The molecule has 1 aliphatic rings. The van der Waals surface area contributed by atoms with E-state index in [1.165, 1.54) is 0 Å². The van der Waals surface area contributed by atoms with Crippen LogP contribution in [0.1, 0.15) is 13.8 Å². The molecule has 8 nitrogen and oxygen atoms in total. The molecule has 1 rings (SSSR count). The monoisotopic (exact) mass is 262 g/mol. The van der Waals surface area contributed by atoms with Crippen molar-refractivity contribution in [3.05, 3.63) is 0 Å². The molecule has 1 aliphatic heterocycles. The van der Waals surface area contributed by atoms with E-state index in [0.29, 0.717) is 13.1 Å². The van der Waals surface area contributed by atoms with Gasteiger partial charge in [-0.2, -0.15) is 0 Å². The Labute approximate surface area is 105 Å². The Kier molecular flexibility index (Phi) is 6.23. The van der Waals surface area contributed by atoms with Gasteiger partial charge in [0.2, 0.25) is 12.5 Å². The second-order valence-corrected chi connectivity index (χ2v) is 3.35. The van der Waals surface area contributed by atoms with Crippen LogP contribution in [0.3, 0.4) is 0 Å². The fraction of sp³-hybridized carbons (Fsp3) is 0.800. The van der Waals surface area contributed by atoms with Crippen LogP contribution in [-0.2, 0) is 18.9 Å². The summed E-state index contributed by atoms with van der Waals surface area (Å²) in [6, 6.07) is 0. The van der Waals surface area contributed by atoms with Gasteiger partial charge in [0, 0.05) is 13.1 Å². The maximum absolute atomic E-state index is 11.2. The van der Waals surface area contributed by atoms with Gasteiger partial charge < -0.3 is 18.9 Å². The van der Waals surface area contributed by atoms with Crippen molar-refractivity contribution in [2.24, 2.45) is 0 Å². The van der Waals surface area contributed by atoms with Crippen molar-refractivity contribution >= 4 is 12.3 Å². The highest BCUT2D eigenvalue weighted by Crippen LogP contribution is 2.05. The predicted molar refractivity (Wildman–Crippen MR) is 59.8 cm³/mol. The van der Waals surface area contributed by atoms with Crippen LogP contribution in [0.2, 0.25) is 0 Å². The zero-order chi connectivity index (χ0) is 13.4. The lowest BCUT2D eigenvalue weighted by Crippen LogP contribution is -2.59. The number of hydrogen-bond donors (Lipinski definition) is 2. The average Bonchev–Trinajstić information content (AvgIpc) is 2.32. The van der Waals surface area contributed by atoms with Crippen LogP contribution in [0.25, 0.3) is 0 Å². The van der Waals surface area contributed by atoms with Crippen molar-refractivity contribution in [3.63, 3.8) is 0 Å². The van der Waals surface area contributed by atoms with Crippen LogP contribution in [0.15, 0.2) is 0 Å². The Balaban J connectivity index is 2.46. The van der Waals surface area contributed by atoms with Crippen molar-refractivity contribution in [1.82, 2.24) is 10.6 Å². The van der Waals surface area contributed by atoms with Crippen LogP contribution in [-0.4, -0.2) is 51.1 Å². The highest BCUT2D eigenvalue weighted by atomic mass is 16.8. The van der Waals surface area contributed by atoms with Gasteiger partial charge in [-0.3, -0.25) is 10.6 Å². The first-order chi connectivity index (χ1) is 8.67. The van der Waals surface area contributed by atoms with Gasteiger partial charge >= 0.3 is 12.3 Å². The molecular weight excluding hydrogens is 244 g/mol. The molecule has 2 atom stereocenters. The van der Waals surface area contributed by atoms with Crippen molar-refractivity contribution in [3.8, 4) is 0 Å². The minimum absolute atomic E-state index is 0.211. The summed E-state index contributed by atoms with van der Waals surface area (Å²) in [7, 11) is 0. The molecule has 2 N–H and O–H groups in total. The maximum Gasteiger partial charge on any atom is 0.510 e. The summed E-state index contributed by atoms with van der Waals surface area (Å²) < 4.78 is 19.2. The van der Waals surface area contributed by atoms with Crippen molar-refractivity contribution in [1.29, 1.82) is 0 Å². The summed E-state index contributed by atoms with van der Waals surface area (Å²) in [6.45, 7) is 4.91. The fourth-order valence-corrected chi connectivity index (χ4v) is 1.36. The second kappa shape index (κ2) is 7.72. The molecule has 1 saturated heterocycles. The lowest BCUT2D eigenvalue weighted by atomic mass is 10.3. The minimum Gasteiger partial charge on any atom is -0.435 e. The van der Waals surface area contributed by atoms with E-state index in [-0.39, 0.29) is 13.2 Å². The number of piperazine rings is 1. The number of rotatable bonds is 4. The van der Waals surface area contributed by atoms with Crippen LogP contribution in [0.5, 0.6) is 0 Å². The van der Waals surface area contributed by atoms with E-state index in [1.807, 2.05) is 0 Å². The highest BCUT2D eigenvalue weighted by Gasteiger charge is 2.31. The van der Waals surface area contributed by atoms with Gasteiger partial charge in [0.1, 0.15) is 0 Å². The van der Waals surface area contributed by atoms with E-state index in [9.17, 15) is 9.59 Å². The maximum atomic E-state index is 11.2. The molecule has 0 radical (unpaired) electrons. The Morgan fingerprint density at radius 1 is 0.944 bits per heavy atom. The predicted octanol–water partition coefficient (Wildman–Crippen LogP) is 0.178. The van der Waals surface area contributed by atoms with E-state index in [4.69, 9.17) is 9.47 Å². The standard InChI is InChI=1S/C10H18N2O6/c1-3-15-9(13)17-7-8(12-6-5-11-7)18-10(14)16-4-2/h7-8,11-12H,3-6H2,1-2H3. The minimum atomic E-state index is -0.823. The van der Waals surface area contributed by atoms with E-state index >= 15 is 0 Å². The zero-order valence-electron chi connectivity index (χ0n) is 10.4. The Morgan fingerprint density at radius 3 is 1.67 bits per heavy atom. The molecule has 1 heterocycles. The molecule has 0 aliphatic carbocycles. The Morgan fingerprint density at radius 2 is 1.33 bits per heavy atom. The van der Waals surface area contributed by atoms with E-state index in [2.05, 4.69) is 20.1 Å². The summed E-state index contributed by atoms with van der Waals surface area (Å²) in [5, 5.41) is 5.78. The molecule has 0 aromatic rings. The van der Waals surface area contributed by atoms with Gasteiger partial charge in [-0.15, -0.1) is 0 Å². The number of hydrogen-bond acceptors (Lipinski definition) is 8. The third kappa shape index (κ3) is 4.76. The van der Waals surface area contributed by atoms with E-state index in [1.54, 1.807) is 13.8 Å². The van der Waals surface area contributed by atoms with Gasteiger partial charge in [-0.1, -0.05) is 0 Å². The Bertz CT molecular complexity index is 258. The first-order valence-electron chi connectivity index (χ1n) is 5.81. The SMILES string of the molecule is CCOC(=O)OC1NCCNC1OC(=O)OCC. The molecule has 18 heavy (non-hydrogen) atoms. The third-order valence-corrected chi connectivity index (χ3v) is 2.06. The highest BCUT2D eigenvalue weighted by molar-refractivity contribution is 5.61. The molecule has 2 unspecified atom stereocenters. The molecule has 0 aromatic carbocycles. The summed E-state index contributed by atoms with van der Waals surface area (Å²) >= 11 is 0. The molecule has 0 amide bonds. The smallest absolute Gasteiger partial charge is 0.435 e. The normalized spacial score (nSPS) is 23.0. The quantitative estimate of drug-likeness (QED) is 0.693. The van der Waals surface area contributed by atoms with Crippen LogP contribution >= 0.6 is 0 Å². The molecule has 0 spiro atoms. The first kappa shape index (κ1) is 14.5. The van der Waals surface area contributed by atoms with Crippen molar-refractivity contribution < 1.29 is 28.5 Å². The number of carbonyl (C=O) groups excluding carboxylic acids is 2. The number of carbonyl (C=O) groups is 2. The van der Waals surface area contributed by atoms with E-state index in [0.717, 1.165) is 0 Å². The topological polar surface area (TPSA) is 95.1 Å². The molecule has 8 heteroatoms. The van der Waals surface area contributed by atoms with Gasteiger partial charge in [0.15, 0.2) is 0 Å². The first-order valence-corrected chi connectivity index (χ1v) is 5.81. The van der Waals surface area contributed by atoms with Gasteiger partial charge in [0.05, 0.1) is 13.2 Å². The van der Waals surface area contributed by atoms with E-state index < -0.39 is 24.8 Å². The molecule has 104 valence electrons. The molecule has 0 aromatic heterocycles. The average molecular weight is 262 g/mol. The molecule has 1 fully saturated rings. The fourth-order valence-electron chi connectivity index (χ4n) is 1.36. The van der Waals surface area contributed by atoms with Gasteiger partial charge in [-0.25, -0.2) is 9.59 Å². The summed E-state index contributed by atoms with van der Waals surface area (Å²) in [5.74, 6) is 0. The lowest BCUT2D eigenvalue weighted by molar-refractivity contribution is -0.0872. The third-order valence-electron chi connectivity index (χ3n) is 2.06. The molecular formula is C10H18N2O6. The van der Waals surface area contributed by atoms with Crippen LogP contribution in [0.4, 0.5) is 9.59 Å². The Hall–Kier alpha value is -1.54. The van der Waals surface area contributed by atoms with Crippen LogP contribution in [0, 0.1) is 0 Å². The lowest BCUT2D eigenvalue weighted by Gasteiger charge is -2.31. The van der Waals surface area contributed by atoms with Crippen molar-refractivity contribution in [2.45, 2.75) is 26.3 Å². The van der Waals surface area contributed by atoms with Crippen molar-refractivity contribution in [2.75, 3.05) is 26.3 Å². The summed E-state index contributed by atoms with van der Waals surface area (Å²) in [4.78, 5) is 22.4. The number of ether oxygens (including phenoxy) is 4. The second-order valence-electron chi connectivity index (χ2n) is 3.35. The largest absolute Gasteiger partial charge is 0.510 e. The van der Waals surface area contributed by atoms with Crippen LogP contribution < -0.4 is 10.6 Å². The summed E-state index contributed by atoms with van der Waals surface area (Å²) in [6.07, 6.45) is -3.25. The summed E-state index contributed by atoms with van der Waals surface area (Å²) in [5.41, 5.74) is 0. The number of nitrogens with one attached hydrogen (secondary N) is 2. The molecule has 0 saturated carbocycles. The molecule has 0 bridgehead atoms.